The molecule has 0 aromatic carbocycles. The minimum atomic E-state index is -0.776. The van der Waals surface area contributed by atoms with Crippen molar-refractivity contribution in [3.63, 3.8) is 0 Å². The Morgan fingerprint density at radius 2 is 2.28 bits per heavy atom. The van der Waals surface area contributed by atoms with E-state index >= 15 is 0 Å². The van der Waals surface area contributed by atoms with Crippen LogP contribution in [-0.4, -0.2) is 41.0 Å². The third-order valence-corrected chi connectivity index (χ3v) is 3.33. The molecule has 1 rings (SSSR count). The average molecular weight is 254 g/mol. The molecule has 0 radical (unpaired) electrons. The van der Waals surface area contributed by atoms with Crippen LogP contribution in [0.5, 0.6) is 0 Å². The van der Waals surface area contributed by atoms with Crippen molar-refractivity contribution in [3.8, 4) is 0 Å². The van der Waals surface area contributed by atoms with Crippen LogP contribution in [0.15, 0.2) is 12.7 Å². The molecule has 0 aromatic rings. The van der Waals surface area contributed by atoms with Crippen molar-refractivity contribution in [1.82, 2.24) is 4.90 Å². The van der Waals surface area contributed by atoms with E-state index in [9.17, 15) is 9.59 Å². The molecule has 2 unspecified atom stereocenters. The van der Waals surface area contributed by atoms with Gasteiger partial charge in [-0.3, -0.25) is 9.59 Å². The fourth-order valence-electron chi connectivity index (χ4n) is 2.34. The molecule has 1 aliphatic rings. The van der Waals surface area contributed by atoms with E-state index < -0.39 is 12.0 Å². The summed E-state index contributed by atoms with van der Waals surface area (Å²) in [6.07, 6.45) is 4.86. The third kappa shape index (κ3) is 4.49. The number of likely N-dealkylation sites (tertiary alicyclic amines) is 1. The minimum Gasteiger partial charge on any atom is -0.481 e. The largest absolute Gasteiger partial charge is 0.481 e. The lowest BCUT2D eigenvalue weighted by molar-refractivity contribution is -0.137. The molecule has 5 heteroatoms. The maximum absolute atomic E-state index is 12.0. The molecule has 102 valence electrons. The van der Waals surface area contributed by atoms with Crippen LogP contribution in [0.3, 0.4) is 0 Å². The normalized spacial score (nSPS) is 21.4. The van der Waals surface area contributed by atoms with E-state index in [1.165, 1.54) is 0 Å². The first kappa shape index (κ1) is 14.7. The van der Waals surface area contributed by atoms with Crippen molar-refractivity contribution >= 4 is 11.9 Å². The van der Waals surface area contributed by atoms with E-state index in [1.807, 2.05) is 0 Å². The number of piperidine rings is 1. The molecule has 3 N–H and O–H groups in total. The van der Waals surface area contributed by atoms with E-state index in [0.29, 0.717) is 19.4 Å². The first-order valence-electron chi connectivity index (χ1n) is 6.41. The van der Waals surface area contributed by atoms with E-state index in [-0.39, 0.29) is 18.2 Å². The lowest BCUT2D eigenvalue weighted by atomic mass is 9.93. The van der Waals surface area contributed by atoms with Crippen LogP contribution in [0.25, 0.3) is 0 Å². The summed E-state index contributed by atoms with van der Waals surface area (Å²) in [5.41, 5.74) is 5.77. The summed E-state index contributed by atoms with van der Waals surface area (Å²) in [6.45, 7) is 4.94. The van der Waals surface area contributed by atoms with Crippen LogP contribution in [0, 0.1) is 5.92 Å². The van der Waals surface area contributed by atoms with Crippen molar-refractivity contribution < 1.29 is 14.7 Å². The van der Waals surface area contributed by atoms with Gasteiger partial charge in [0.1, 0.15) is 0 Å². The first-order chi connectivity index (χ1) is 8.54. The van der Waals surface area contributed by atoms with E-state index in [4.69, 9.17) is 10.8 Å². The highest BCUT2D eigenvalue weighted by molar-refractivity contribution is 5.81. The summed E-state index contributed by atoms with van der Waals surface area (Å²) in [5, 5.41) is 8.67. The number of hydrogen-bond acceptors (Lipinski definition) is 3. The highest BCUT2D eigenvalue weighted by atomic mass is 16.4. The van der Waals surface area contributed by atoms with Gasteiger partial charge in [0.25, 0.3) is 0 Å². The number of aliphatic carboxylic acids is 1. The Hall–Kier alpha value is -1.36. The van der Waals surface area contributed by atoms with Gasteiger partial charge in [0.2, 0.25) is 5.91 Å². The van der Waals surface area contributed by atoms with Crippen LogP contribution < -0.4 is 5.73 Å². The Morgan fingerprint density at radius 3 is 2.89 bits per heavy atom. The second-order valence-corrected chi connectivity index (χ2v) is 4.86. The number of carboxylic acids is 1. The summed E-state index contributed by atoms with van der Waals surface area (Å²) in [7, 11) is 0. The van der Waals surface area contributed by atoms with Gasteiger partial charge in [-0.25, -0.2) is 0 Å². The maximum atomic E-state index is 12.0. The molecule has 0 spiro atoms. The fraction of sp³-hybridized carbons (Fsp3) is 0.692. The molecule has 0 saturated carbocycles. The third-order valence-electron chi connectivity index (χ3n) is 3.33. The Bertz CT molecular complexity index is 317. The van der Waals surface area contributed by atoms with Gasteiger partial charge in [-0.1, -0.05) is 6.08 Å². The Kier molecular flexibility index (Phi) is 5.85. The zero-order valence-corrected chi connectivity index (χ0v) is 10.7. The Balaban J connectivity index is 2.44. The van der Waals surface area contributed by atoms with Crippen molar-refractivity contribution in [2.45, 2.75) is 38.1 Å². The predicted molar refractivity (Wildman–Crippen MR) is 69.0 cm³/mol. The molecule has 1 amide bonds. The highest BCUT2D eigenvalue weighted by Crippen LogP contribution is 2.21. The number of carbonyl (C=O) groups is 2. The number of hydrogen-bond donors (Lipinski definition) is 2. The molecule has 2 atom stereocenters. The van der Waals surface area contributed by atoms with Gasteiger partial charge in [-0.05, 0) is 31.6 Å². The van der Waals surface area contributed by atoms with Gasteiger partial charge in [-0.15, -0.1) is 6.58 Å². The van der Waals surface area contributed by atoms with Crippen LogP contribution in [0.2, 0.25) is 0 Å². The predicted octanol–water partition coefficient (Wildman–Crippen LogP) is 0.993. The Labute approximate surface area is 108 Å². The molecule has 1 heterocycles. The number of amides is 1. The molecular formula is C13H22N2O3. The smallest absolute Gasteiger partial charge is 0.303 e. The molecule has 0 aliphatic carbocycles. The number of nitrogens with two attached hydrogens (primary N) is 1. The van der Waals surface area contributed by atoms with E-state index in [1.54, 1.807) is 11.0 Å². The van der Waals surface area contributed by atoms with Crippen LogP contribution in [0.4, 0.5) is 0 Å². The summed E-state index contributed by atoms with van der Waals surface area (Å²) >= 11 is 0. The standard InChI is InChI=1S/C13H22N2O3/c1-2-4-11(14)13(18)15-8-3-5-10(9-15)6-7-12(16)17/h2,10-11H,1,3-9,14H2,(H,16,17). The number of nitrogens with zero attached hydrogens (tertiary/aromatic N) is 1. The van der Waals surface area contributed by atoms with Crippen molar-refractivity contribution in [2.24, 2.45) is 11.7 Å². The fourth-order valence-corrected chi connectivity index (χ4v) is 2.34. The quantitative estimate of drug-likeness (QED) is 0.692. The molecule has 1 fully saturated rings. The van der Waals surface area contributed by atoms with Crippen LogP contribution >= 0.6 is 0 Å². The maximum Gasteiger partial charge on any atom is 0.303 e. The molecule has 0 bridgehead atoms. The topological polar surface area (TPSA) is 83.6 Å². The molecule has 18 heavy (non-hydrogen) atoms. The van der Waals surface area contributed by atoms with Crippen molar-refractivity contribution in [3.05, 3.63) is 12.7 Å². The minimum absolute atomic E-state index is 0.0464. The SMILES string of the molecule is C=CCC(N)C(=O)N1CCCC(CCC(=O)O)C1. The van der Waals surface area contributed by atoms with Crippen LogP contribution in [0.1, 0.15) is 32.1 Å². The van der Waals surface area contributed by atoms with E-state index in [0.717, 1.165) is 19.4 Å². The second-order valence-electron chi connectivity index (χ2n) is 4.86. The summed E-state index contributed by atoms with van der Waals surface area (Å²) < 4.78 is 0. The lowest BCUT2D eigenvalue weighted by Crippen LogP contribution is -2.47. The monoisotopic (exact) mass is 254 g/mol. The lowest BCUT2D eigenvalue weighted by Gasteiger charge is -2.34. The van der Waals surface area contributed by atoms with Gasteiger partial charge in [0, 0.05) is 19.5 Å². The average Bonchev–Trinajstić information content (AvgIpc) is 2.36. The first-order valence-corrected chi connectivity index (χ1v) is 6.41. The molecule has 1 saturated heterocycles. The molecule has 1 aliphatic heterocycles. The molecular weight excluding hydrogens is 232 g/mol. The van der Waals surface area contributed by atoms with Crippen molar-refractivity contribution in [1.29, 1.82) is 0 Å². The number of carboxylic acid groups (broad SMARTS) is 1. The second kappa shape index (κ2) is 7.16. The van der Waals surface area contributed by atoms with Gasteiger partial charge in [0.05, 0.1) is 6.04 Å². The Morgan fingerprint density at radius 1 is 1.56 bits per heavy atom. The van der Waals surface area contributed by atoms with Crippen molar-refractivity contribution in [2.75, 3.05) is 13.1 Å². The molecule has 5 nitrogen and oxygen atoms in total. The molecule has 0 aromatic heterocycles. The number of rotatable bonds is 6. The highest BCUT2D eigenvalue weighted by Gasteiger charge is 2.26. The summed E-state index contributed by atoms with van der Waals surface area (Å²) in [4.78, 5) is 24.3. The summed E-state index contributed by atoms with van der Waals surface area (Å²) in [5.74, 6) is -0.536. The number of carbonyl (C=O) groups excluding carboxylic acids is 1. The zero-order chi connectivity index (χ0) is 13.5. The van der Waals surface area contributed by atoms with E-state index in [2.05, 4.69) is 6.58 Å². The van der Waals surface area contributed by atoms with Gasteiger partial charge in [-0.2, -0.15) is 0 Å². The zero-order valence-electron chi connectivity index (χ0n) is 10.7. The van der Waals surface area contributed by atoms with Gasteiger partial charge < -0.3 is 15.7 Å². The summed E-state index contributed by atoms with van der Waals surface area (Å²) in [6, 6.07) is -0.513. The van der Waals surface area contributed by atoms with Gasteiger partial charge in [0.15, 0.2) is 0 Å². The van der Waals surface area contributed by atoms with Crippen LogP contribution in [-0.2, 0) is 9.59 Å². The van der Waals surface area contributed by atoms with Gasteiger partial charge >= 0.3 is 5.97 Å².